The van der Waals surface area contributed by atoms with Gasteiger partial charge in [-0.3, -0.25) is 4.79 Å². The van der Waals surface area contributed by atoms with Crippen LogP contribution in [0.3, 0.4) is 0 Å². The quantitative estimate of drug-likeness (QED) is 0.744. The van der Waals surface area contributed by atoms with Crippen molar-refractivity contribution < 1.29 is 18.0 Å². The standard InChI is InChI=1S/C14H9F3O/c15-13-5-4-11(14(16)17)7-12(13)10-3-1-2-9(6-10)8-18/h1-8,14H. The Labute approximate surface area is 102 Å². The number of benzene rings is 2. The van der Waals surface area contributed by atoms with Crippen LogP contribution in [0.4, 0.5) is 13.2 Å². The van der Waals surface area contributed by atoms with E-state index < -0.39 is 12.2 Å². The van der Waals surface area contributed by atoms with Crippen molar-refractivity contribution in [1.29, 1.82) is 0 Å². The number of hydrogen-bond donors (Lipinski definition) is 0. The molecule has 0 aliphatic heterocycles. The van der Waals surface area contributed by atoms with Gasteiger partial charge >= 0.3 is 0 Å². The average Bonchev–Trinajstić information content (AvgIpc) is 2.39. The van der Waals surface area contributed by atoms with E-state index in [4.69, 9.17) is 0 Å². The molecule has 1 nitrogen and oxygen atoms in total. The third-order valence-corrected chi connectivity index (χ3v) is 2.58. The number of rotatable bonds is 3. The van der Waals surface area contributed by atoms with Crippen molar-refractivity contribution in [2.45, 2.75) is 6.43 Å². The first-order chi connectivity index (χ1) is 8.61. The van der Waals surface area contributed by atoms with Gasteiger partial charge < -0.3 is 0 Å². The van der Waals surface area contributed by atoms with Crippen molar-refractivity contribution >= 4 is 6.29 Å². The summed E-state index contributed by atoms with van der Waals surface area (Å²) in [4.78, 5) is 10.6. The molecule has 18 heavy (non-hydrogen) atoms. The van der Waals surface area contributed by atoms with Crippen LogP contribution in [0.15, 0.2) is 42.5 Å². The van der Waals surface area contributed by atoms with E-state index in [1.165, 1.54) is 6.07 Å². The van der Waals surface area contributed by atoms with Crippen molar-refractivity contribution in [3.05, 3.63) is 59.4 Å². The lowest BCUT2D eigenvalue weighted by Gasteiger charge is -2.07. The summed E-state index contributed by atoms with van der Waals surface area (Å²) in [7, 11) is 0. The largest absolute Gasteiger partial charge is 0.298 e. The van der Waals surface area contributed by atoms with E-state index in [9.17, 15) is 18.0 Å². The van der Waals surface area contributed by atoms with E-state index in [0.29, 0.717) is 17.4 Å². The van der Waals surface area contributed by atoms with Crippen LogP contribution < -0.4 is 0 Å². The smallest absolute Gasteiger partial charge is 0.263 e. The highest BCUT2D eigenvalue weighted by Gasteiger charge is 2.12. The van der Waals surface area contributed by atoms with Crippen molar-refractivity contribution in [3.63, 3.8) is 0 Å². The van der Waals surface area contributed by atoms with E-state index in [1.807, 2.05) is 0 Å². The van der Waals surface area contributed by atoms with Gasteiger partial charge in [-0.25, -0.2) is 13.2 Å². The summed E-state index contributed by atoms with van der Waals surface area (Å²) >= 11 is 0. The van der Waals surface area contributed by atoms with Gasteiger partial charge in [-0.2, -0.15) is 0 Å². The SMILES string of the molecule is O=Cc1cccc(-c2cc(C(F)F)ccc2F)c1. The van der Waals surface area contributed by atoms with Crippen molar-refractivity contribution in [1.82, 2.24) is 0 Å². The van der Waals surface area contributed by atoms with E-state index in [-0.39, 0.29) is 11.1 Å². The molecular weight excluding hydrogens is 241 g/mol. The van der Waals surface area contributed by atoms with Gasteiger partial charge in [-0.1, -0.05) is 24.3 Å². The molecule has 0 unspecified atom stereocenters. The zero-order valence-electron chi connectivity index (χ0n) is 9.24. The Morgan fingerprint density at radius 2 is 1.83 bits per heavy atom. The van der Waals surface area contributed by atoms with Crippen LogP contribution in [0.1, 0.15) is 22.3 Å². The number of hydrogen-bond acceptors (Lipinski definition) is 1. The lowest BCUT2D eigenvalue weighted by atomic mass is 10.0. The predicted molar refractivity (Wildman–Crippen MR) is 62.2 cm³/mol. The summed E-state index contributed by atoms with van der Waals surface area (Å²) in [6.07, 6.45) is -2.03. The molecule has 4 heteroatoms. The molecule has 0 saturated heterocycles. The first kappa shape index (κ1) is 12.4. The summed E-state index contributed by atoms with van der Waals surface area (Å²) in [6, 6.07) is 9.32. The maximum Gasteiger partial charge on any atom is 0.263 e. The number of alkyl halides is 2. The molecule has 2 rings (SSSR count). The minimum absolute atomic E-state index is 0.0662. The molecule has 0 bridgehead atoms. The Morgan fingerprint density at radius 1 is 1.06 bits per heavy atom. The van der Waals surface area contributed by atoms with Crippen LogP contribution in [0, 0.1) is 5.82 Å². The molecule has 0 fully saturated rings. The fourth-order valence-corrected chi connectivity index (χ4v) is 1.68. The van der Waals surface area contributed by atoms with Crippen LogP contribution in [0.2, 0.25) is 0 Å². The molecule has 0 atom stereocenters. The zero-order valence-corrected chi connectivity index (χ0v) is 9.24. The molecule has 92 valence electrons. The van der Waals surface area contributed by atoms with Gasteiger partial charge in [0, 0.05) is 16.7 Å². The second-order valence-corrected chi connectivity index (χ2v) is 3.78. The third kappa shape index (κ3) is 2.42. The minimum Gasteiger partial charge on any atom is -0.298 e. The molecule has 0 radical (unpaired) electrons. The zero-order chi connectivity index (χ0) is 13.1. The molecular formula is C14H9F3O. The maximum atomic E-state index is 13.6. The van der Waals surface area contributed by atoms with Crippen LogP contribution >= 0.6 is 0 Å². The number of aldehydes is 1. The van der Waals surface area contributed by atoms with Crippen molar-refractivity contribution in [3.8, 4) is 11.1 Å². The van der Waals surface area contributed by atoms with Crippen LogP contribution in [0.25, 0.3) is 11.1 Å². The summed E-state index contributed by atoms with van der Waals surface area (Å²) in [5.41, 5.74) is 0.591. The van der Waals surface area contributed by atoms with Crippen LogP contribution in [-0.4, -0.2) is 6.29 Å². The molecule has 0 amide bonds. The van der Waals surface area contributed by atoms with E-state index in [1.54, 1.807) is 18.2 Å². The molecule has 0 aliphatic carbocycles. The molecule has 0 aromatic heterocycles. The molecule has 0 heterocycles. The summed E-state index contributed by atoms with van der Waals surface area (Å²) in [5.74, 6) is -0.595. The second-order valence-electron chi connectivity index (χ2n) is 3.78. The van der Waals surface area contributed by atoms with Crippen LogP contribution in [0.5, 0.6) is 0 Å². The van der Waals surface area contributed by atoms with Gasteiger partial charge in [0.1, 0.15) is 12.1 Å². The number of halogens is 3. The Morgan fingerprint density at radius 3 is 2.50 bits per heavy atom. The van der Waals surface area contributed by atoms with Crippen molar-refractivity contribution in [2.75, 3.05) is 0 Å². The maximum absolute atomic E-state index is 13.6. The average molecular weight is 250 g/mol. The normalized spacial score (nSPS) is 10.7. The molecule has 2 aromatic carbocycles. The highest BCUT2D eigenvalue weighted by atomic mass is 19.3. The molecule has 0 spiro atoms. The van der Waals surface area contributed by atoms with E-state index in [0.717, 1.165) is 18.2 Å². The van der Waals surface area contributed by atoms with E-state index >= 15 is 0 Å². The Bertz CT molecular complexity index is 579. The summed E-state index contributed by atoms with van der Waals surface area (Å²) < 4.78 is 38.7. The molecule has 2 aromatic rings. The lowest BCUT2D eigenvalue weighted by Crippen LogP contribution is -1.91. The Kier molecular flexibility index (Phi) is 3.46. The van der Waals surface area contributed by atoms with E-state index in [2.05, 4.69) is 0 Å². The highest BCUT2D eigenvalue weighted by molar-refractivity contribution is 5.79. The topological polar surface area (TPSA) is 17.1 Å². The van der Waals surface area contributed by atoms with Gasteiger partial charge in [0.2, 0.25) is 0 Å². The van der Waals surface area contributed by atoms with Gasteiger partial charge in [0.25, 0.3) is 6.43 Å². The first-order valence-electron chi connectivity index (χ1n) is 5.25. The minimum atomic E-state index is -2.65. The second kappa shape index (κ2) is 5.04. The lowest BCUT2D eigenvalue weighted by molar-refractivity contribution is 0.112. The fraction of sp³-hybridized carbons (Fsp3) is 0.0714. The Balaban J connectivity index is 2.54. The number of carbonyl (C=O) groups excluding carboxylic acids is 1. The number of carbonyl (C=O) groups is 1. The highest BCUT2D eigenvalue weighted by Crippen LogP contribution is 2.28. The Hall–Kier alpha value is -2.10. The fourth-order valence-electron chi connectivity index (χ4n) is 1.68. The predicted octanol–water partition coefficient (Wildman–Crippen LogP) is 4.24. The van der Waals surface area contributed by atoms with Gasteiger partial charge in [0.05, 0.1) is 0 Å². The van der Waals surface area contributed by atoms with Gasteiger partial charge in [-0.05, 0) is 23.8 Å². The first-order valence-corrected chi connectivity index (χ1v) is 5.25. The molecule has 0 N–H and O–H groups in total. The third-order valence-electron chi connectivity index (χ3n) is 2.58. The molecule has 0 aliphatic rings. The van der Waals surface area contributed by atoms with Gasteiger partial charge in [-0.15, -0.1) is 0 Å². The summed E-state index contributed by atoms with van der Waals surface area (Å²) in [6.45, 7) is 0. The monoisotopic (exact) mass is 250 g/mol. The summed E-state index contributed by atoms with van der Waals surface area (Å²) in [5, 5.41) is 0. The molecule has 0 saturated carbocycles. The van der Waals surface area contributed by atoms with Crippen molar-refractivity contribution in [2.24, 2.45) is 0 Å². The van der Waals surface area contributed by atoms with Crippen LogP contribution in [-0.2, 0) is 0 Å². The van der Waals surface area contributed by atoms with Gasteiger partial charge in [0.15, 0.2) is 0 Å².